The van der Waals surface area contributed by atoms with E-state index >= 15 is 0 Å². The molecule has 2 nitrogen and oxygen atoms in total. The summed E-state index contributed by atoms with van der Waals surface area (Å²) >= 11 is 0. The van der Waals surface area contributed by atoms with E-state index in [1.54, 1.807) is 0 Å². The average molecular weight is 248 g/mol. The minimum absolute atomic E-state index is 0.540. The molecule has 1 N–H and O–H groups in total. The third-order valence-corrected chi connectivity index (χ3v) is 2.98. The maximum Gasteiger partial charge on any atom is 0.0366 e. The van der Waals surface area contributed by atoms with E-state index in [9.17, 15) is 0 Å². The smallest absolute Gasteiger partial charge is 0.0366 e. The molecule has 0 saturated heterocycles. The molecule has 0 fully saturated rings. The Morgan fingerprint density at radius 3 is 2.11 bits per heavy atom. The summed E-state index contributed by atoms with van der Waals surface area (Å²) in [7, 11) is 0. The molecular weight excluding hydrogens is 220 g/mol. The molecule has 0 radical (unpaired) electrons. The number of hydrogen-bond donors (Lipinski definition) is 1. The normalized spacial score (nSPS) is 11.3. The molecule has 0 aliphatic heterocycles. The summed E-state index contributed by atoms with van der Waals surface area (Å²) in [5.41, 5.74) is 2.69. The first-order valence-corrected chi connectivity index (χ1v) is 7.10. The first-order chi connectivity index (χ1) is 8.52. The summed E-state index contributed by atoms with van der Waals surface area (Å²) in [4.78, 5) is 2.43. The van der Waals surface area contributed by atoms with E-state index in [4.69, 9.17) is 0 Å². The highest BCUT2D eigenvalue weighted by Gasteiger charge is 2.06. The standard InChI is InChI=1S/C16H28N2/c1-6-18(12-13(2)3)16-9-7-15(8-10-16)11-17-14(4)5/h7-10,13-14,17H,6,11-12H2,1-5H3. The maximum atomic E-state index is 3.44. The second-order valence-corrected chi connectivity index (χ2v) is 5.63. The minimum Gasteiger partial charge on any atom is -0.372 e. The van der Waals surface area contributed by atoms with Crippen molar-refractivity contribution in [1.82, 2.24) is 5.32 Å². The van der Waals surface area contributed by atoms with Gasteiger partial charge in [-0.05, 0) is 30.5 Å². The van der Waals surface area contributed by atoms with Gasteiger partial charge in [0.25, 0.3) is 0 Å². The minimum atomic E-state index is 0.540. The van der Waals surface area contributed by atoms with Gasteiger partial charge in [-0.15, -0.1) is 0 Å². The molecule has 1 aromatic carbocycles. The first kappa shape index (κ1) is 15.0. The van der Waals surface area contributed by atoms with Gasteiger partial charge in [0.05, 0.1) is 0 Å². The average Bonchev–Trinajstić information content (AvgIpc) is 2.34. The van der Waals surface area contributed by atoms with Crippen LogP contribution >= 0.6 is 0 Å². The van der Waals surface area contributed by atoms with Crippen molar-refractivity contribution in [3.05, 3.63) is 29.8 Å². The highest BCUT2D eigenvalue weighted by Crippen LogP contribution is 2.16. The van der Waals surface area contributed by atoms with Crippen LogP contribution in [0.4, 0.5) is 5.69 Å². The van der Waals surface area contributed by atoms with Crippen LogP contribution in [0, 0.1) is 5.92 Å². The summed E-state index contributed by atoms with van der Waals surface area (Å²) in [6.07, 6.45) is 0. The zero-order chi connectivity index (χ0) is 13.5. The Hall–Kier alpha value is -1.02. The van der Waals surface area contributed by atoms with Crippen molar-refractivity contribution in [3.63, 3.8) is 0 Å². The Morgan fingerprint density at radius 2 is 1.67 bits per heavy atom. The van der Waals surface area contributed by atoms with Gasteiger partial charge in [-0.25, -0.2) is 0 Å². The molecule has 0 heterocycles. The third kappa shape index (κ3) is 5.09. The predicted molar refractivity (Wildman–Crippen MR) is 81.1 cm³/mol. The van der Waals surface area contributed by atoms with E-state index in [0.29, 0.717) is 12.0 Å². The summed E-state index contributed by atoms with van der Waals surface area (Å²) in [6, 6.07) is 9.48. The number of anilines is 1. The Bertz CT molecular complexity index is 327. The number of nitrogens with one attached hydrogen (secondary N) is 1. The Balaban J connectivity index is 2.62. The molecule has 1 aromatic rings. The fraction of sp³-hybridized carbons (Fsp3) is 0.625. The second-order valence-electron chi connectivity index (χ2n) is 5.63. The summed E-state index contributed by atoms with van der Waals surface area (Å²) < 4.78 is 0. The van der Waals surface area contributed by atoms with Gasteiger partial charge < -0.3 is 10.2 Å². The Morgan fingerprint density at radius 1 is 1.06 bits per heavy atom. The van der Waals surface area contributed by atoms with Crippen LogP contribution in [0.3, 0.4) is 0 Å². The van der Waals surface area contributed by atoms with Crippen LogP contribution < -0.4 is 10.2 Å². The third-order valence-electron chi connectivity index (χ3n) is 2.98. The van der Waals surface area contributed by atoms with Crippen LogP contribution in [-0.2, 0) is 6.54 Å². The number of hydrogen-bond acceptors (Lipinski definition) is 2. The van der Waals surface area contributed by atoms with Crippen molar-refractivity contribution >= 4 is 5.69 Å². The van der Waals surface area contributed by atoms with Crippen molar-refractivity contribution in [2.75, 3.05) is 18.0 Å². The van der Waals surface area contributed by atoms with Crippen LogP contribution in [0.15, 0.2) is 24.3 Å². The molecule has 0 aliphatic carbocycles. The van der Waals surface area contributed by atoms with Gasteiger partial charge in [0.1, 0.15) is 0 Å². The Labute approximate surface area is 112 Å². The van der Waals surface area contributed by atoms with Crippen LogP contribution in [-0.4, -0.2) is 19.1 Å². The van der Waals surface area contributed by atoms with Gasteiger partial charge >= 0.3 is 0 Å². The molecule has 0 saturated carbocycles. The monoisotopic (exact) mass is 248 g/mol. The molecule has 0 aliphatic rings. The largest absolute Gasteiger partial charge is 0.372 e. The fourth-order valence-corrected chi connectivity index (χ4v) is 2.00. The topological polar surface area (TPSA) is 15.3 Å². The molecule has 0 bridgehead atoms. The van der Waals surface area contributed by atoms with Crippen LogP contribution in [0.1, 0.15) is 40.2 Å². The van der Waals surface area contributed by atoms with Crippen LogP contribution in [0.2, 0.25) is 0 Å². The Kier molecular flexibility index (Phi) is 6.20. The van der Waals surface area contributed by atoms with Gasteiger partial charge in [0.2, 0.25) is 0 Å². The fourth-order valence-electron chi connectivity index (χ4n) is 2.00. The molecular formula is C16H28N2. The van der Waals surface area contributed by atoms with Gasteiger partial charge in [0.15, 0.2) is 0 Å². The summed E-state index contributed by atoms with van der Waals surface area (Å²) in [6.45, 7) is 14.3. The van der Waals surface area contributed by atoms with Gasteiger partial charge in [-0.1, -0.05) is 39.8 Å². The molecule has 0 aromatic heterocycles. The van der Waals surface area contributed by atoms with Gasteiger partial charge in [-0.3, -0.25) is 0 Å². The molecule has 18 heavy (non-hydrogen) atoms. The summed E-state index contributed by atoms with van der Waals surface area (Å²) in [5.74, 6) is 0.701. The number of benzene rings is 1. The van der Waals surface area contributed by atoms with Gasteiger partial charge in [0, 0.05) is 31.4 Å². The van der Waals surface area contributed by atoms with Crippen LogP contribution in [0.5, 0.6) is 0 Å². The van der Waals surface area contributed by atoms with Gasteiger partial charge in [-0.2, -0.15) is 0 Å². The first-order valence-electron chi connectivity index (χ1n) is 7.10. The number of rotatable bonds is 7. The predicted octanol–water partition coefficient (Wildman–Crippen LogP) is 3.67. The lowest BCUT2D eigenvalue weighted by Crippen LogP contribution is -2.27. The summed E-state index contributed by atoms with van der Waals surface area (Å²) in [5, 5.41) is 3.44. The lowest BCUT2D eigenvalue weighted by Gasteiger charge is -2.25. The van der Waals surface area contributed by atoms with Crippen molar-refractivity contribution in [2.45, 2.75) is 47.2 Å². The molecule has 0 amide bonds. The zero-order valence-corrected chi connectivity index (χ0v) is 12.5. The quantitative estimate of drug-likeness (QED) is 0.792. The maximum absolute atomic E-state index is 3.44. The molecule has 0 unspecified atom stereocenters. The van der Waals surface area contributed by atoms with E-state index < -0.39 is 0 Å². The van der Waals surface area contributed by atoms with E-state index in [2.05, 4.69) is 69.1 Å². The zero-order valence-electron chi connectivity index (χ0n) is 12.5. The molecule has 0 spiro atoms. The van der Waals surface area contributed by atoms with E-state index in [1.165, 1.54) is 11.3 Å². The van der Waals surface area contributed by atoms with E-state index in [1.807, 2.05) is 0 Å². The molecule has 102 valence electrons. The molecule has 2 heteroatoms. The molecule has 1 rings (SSSR count). The van der Waals surface area contributed by atoms with E-state index in [0.717, 1.165) is 19.6 Å². The van der Waals surface area contributed by atoms with Crippen molar-refractivity contribution in [2.24, 2.45) is 5.92 Å². The van der Waals surface area contributed by atoms with Crippen LogP contribution in [0.25, 0.3) is 0 Å². The highest BCUT2D eigenvalue weighted by molar-refractivity contribution is 5.47. The lowest BCUT2D eigenvalue weighted by molar-refractivity contribution is 0.588. The van der Waals surface area contributed by atoms with Crippen molar-refractivity contribution in [1.29, 1.82) is 0 Å². The number of nitrogens with zero attached hydrogens (tertiary/aromatic N) is 1. The van der Waals surface area contributed by atoms with E-state index in [-0.39, 0.29) is 0 Å². The van der Waals surface area contributed by atoms with Crippen molar-refractivity contribution in [3.8, 4) is 0 Å². The molecule has 0 atom stereocenters. The highest BCUT2D eigenvalue weighted by atomic mass is 15.1. The SMILES string of the molecule is CCN(CC(C)C)c1ccc(CNC(C)C)cc1. The van der Waals surface area contributed by atoms with Crippen molar-refractivity contribution < 1.29 is 0 Å². The second kappa shape index (κ2) is 7.42. The lowest BCUT2D eigenvalue weighted by atomic mass is 10.1.